The van der Waals surface area contributed by atoms with Gasteiger partial charge in [-0.05, 0) is 86.1 Å². The van der Waals surface area contributed by atoms with Gasteiger partial charge in [-0.2, -0.15) is 0 Å². The topological polar surface area (TPSA) is 158 Å². The Hall–Kier alpha value is -3.87. The number of nitrogens with one attached hydrogen (secondary N) is 4. The van der Waals surface area contributed by atoms with E-state index in [2.05, 4.69) is 27.0 Å². The molecule has 0 radical (unpaired) electrons. The first-order valence-electron chi connectivity index (χ1n) is 17.3. The van der Waals surface area contributed by atoms with E-state index >= 15 is 0 Å². The fraction of sp³-hybridized carbons (Fsp3) is 0.395. The monoisotopic (exact) mass is 717 g/mol. The summed E-state index contributed by atoms with van der Waals surface area (Å²) in [6, 6.07) is 19.3. The molecule has 3 aromatic carbocycles. The smallest absolute Gasteiger partial charge is 0.245 e. The summed E-state index contributed by atoms with van der Waals surface area (Å²) in [6.45, 7) is 3.58. The number of H-pyrrole nitrogens is 1. The molecule has 50 heavy (non-hydrogen) atoms. The summed E-state index contributed by atoms with van der Waals surface area (Å²) < 4.78 is 0. The molecule has 2 heterocycles. The molecule has 0 saturated heterocycles. The predicted molar refractivity (Wildman–Crippen MR) is 201 cm³/mol. The molecule has 3 amide bonds. The van der Waals surface area contributed by atoms with Gasteiger partial charge in [0.1, 0.15) is 12.1 Å². The summed E-state index contributed by atoms with van der Waals surface area (Å²) >= 11 is 7.90. The Morgan fingerprint density at radius 3 is 2.22 bits per heavy atom. The molecule has 1 aromatic heterocycles. The Morgan fingerprint density at radius 2 is 1.52 bits per heavy atom. The molecule has 0 saturated carbocycles. The highest BCUT2D eigenvalue weighted by molar-refractivity contribution is 7.99. The Bertz CT molecular complexity index is 1780. The Balaban J connectivity index is 1.57. The van der Waals surface area contributed by atoms with Crippen molar-refractivity contribution in [3.63, 3.8) is 0 Å². The van der Waals surface area contributed by atoms with Crippen molar-refractivity contribution >= 4 is 52.0 Å². The lowest BCUT2D eigenvalue weighted by Crippen LogP contribution is -2.57. The molecule has 1 aliphatic rings. The predicted octanol–water partition coefficient (Wildman–Crippen LogP) is 5.04. The van der Waals surface area contributed by atoms with Crippen LogP contribution < -0.4 is 27.4 Å². The standard InChI is InChI=1S/C38H48ClN7O3S/c1-24(29-23-43-32-20-27(39)16-17-28(29)32)35-37(48)44-22-26-11-4-6-15-34(26)50-33-14-5-3-10-25(33)21-42-30(13-9-19-41)36(47)45-31(12-7-8-18-40)38(49)46(35)2/h3-6,10-11,14-17,20,23-24,30-31,35,42-43H,7-9,12-13,18-19,21-22,40-41H2,1-2H3,(H,44,48)(H,45,47)/t24?,30-,31-,35-/m0/s1. The van der Waals surface area contributed by atoms with Crippen molar-refractivity contribution in [2.45, 2.75) is 86.0 Å². The van der Waals surface area contributed by atoms with Gasteiger partial charge in [-0.3, -0.25) is 14.4 Å². The quantitative estimate of drug-likeness (QED) is 0.132. The minimum absolute atomic E-state index is 0.273. The molecule has 4 aromatic rings. The van der Waals surface area contributed by atoms with Gasteiger partial charge < -0.3 is 37.3 Å². The molecule has 8 N–H and O–H groups in total. The zero-order chi connectivity index (χ0) is 35.6. The van der Waals surface area contributed by atoms with Crippen LogP contribution in [0.25, 0.3) is 10.9 Å². The van der Waals surface area contributed by atoms with Crippen LogP contribution in [-0.4, -0.2) is 65.9 Å². The summed E-state index contributed by atoms with van der Waals surface area (Å²) in [5, 5.41) is 11.2. The zero-order valence-corrected chi connectivity index (χ0v) is 30.3. The maximum absolute atomic E-state index is 14.5. The number of nitrogens with zero attached hydrogens (tertiary/aromatic N) is 1. The molecule has 5 rings (SSSR count). The minimum atomic E-state index is -0.895. The van der Waals surface area contributed by atoms with E-state index in [1.54, 1.807) is 18.8 Å². The number of aromatic amines is 1. The molecule has 0 aliphatic carbocycles. The largest absolute Gasteiger partial charge is 0.361 e. The van der Waals surface area contributed by atoms with Gasteiger partial charge in [0, 0.05) is 58.0 Å². The van der Waals surface area contributed by atoms with Crippen LogP contribution in [0.1, 0.15) is 61.6 Å². The number of rotatable bonds is 9. The number of fused-ring (bicyclic) bond motifs is 3. The normalized spacial score (nSPS) is 20.1. The molecule has 1 aliphatic heterocycles. The number of hydrogen-bond donors (Lipinski definition) is 6. The highest BCUT2D eigenvalue weighted by Crippen LogP contribution is 2.34. The first-order valence-corrected chi connectivity index (χ1v) is 18.5. The Kier molecular flexibility index (Phi) is 13.4. The number of carbonyl (C=O) groups excluding carboxylic acids is 3. The van der Waals surface area contributed by atoms with Gasteiger partial charge >= 0.3 is 0 Å². The van der Waals surface area contributed by atoms with Crippen LogP contribution in [0.3, 0.4) is 0 Å². The third-order valence-corrected chi connectivity index (χ3v) is 10.9. The van der Waals surface area contributed by atoms with Gasteiger partial charge in [0.25, 0.3) is 0 Å². The van der Waals surface area contributed by atoms with Gasteiger partial charge in [-0.25, -0.2) is 0 Å². The van der Waals surface area contributed by atoms with Gasteiger partial charge in [-0.1, -0.05) is 72.8 Å². The maximum Gasteiger partial charge on any atom is 0.245 e. The highest BCUT2D eigenvalue weighted by Gasteiger charge is 2.37. The SMILES string of the molecule is CC(c1c[nH]c2cc(Cl)ccc12)[C@H]1C(=O)NCc2ccccc2Sc2ccccc2CN[C@@H](CCCN)C(=O)N[C@@H](CCCCN)C(=O)N1C. The second-order valence-electron chi connectivity index (χ2n) is 12.9. The summed E-state index contributed by atoms with van der Waals surface area (Å²) in [7, 11) is 1.65. The Labute approximate surface area is 303 Å². The van der Waals surface area contributed by atoms with E-state index in [9.17, 15) is 14.4 Å². The number of likely N-dealkylation sites (N-methyl/N-ethyl adjacent to an activating group) is 1. The lowest BCUT2D eigenvalue weighted by Gasteiger charge is -2.35. The highest BCUT2D eigenvalue weighted by atomic mass is 35.5. The molecule has 0 spiro atoms. The molecular formula is C38H48ClN7O3S. The van der Waals surface area contributed by atoms with Gasteiger partial charge in [0.15, 0.2) is 0 Å². The third-order valence-electron chi connectivity index (χ3n) is 9.41. The molecule has 4 atom stereocenters. The maximum atomic E-state index is 14.5. The fourth-order valence-electron chi connectivity index (χ4n) is 6.60. The van der Waals surface area contributed by atoms with Crippen molar-refractivity contribution in [1.82, 2.24) is 25.8 Å². The van der Waals surface area contributed by atoms with Gasteiger partial charge in [-0.15, -0.1) is 0 Å². The third kappa shape index (κ3) is 9.07. The number of aromatic nitrogens is 1. The number of hydrogen-bond acceptors (Lipinski definition) is 7. The average Bonchev–Trinajstić information content (AvgIpc) is 3.54. The van der Waals surface area contributed by atoms with E-state index in [-0.39, 0.29) is 24.3 Å². The van der Waals surface area contributed by atoms with Gasteiger partial charge in [0.05, 0.1) is 6.04 Å². The number of amides is 3. The first kappa shape index (κ1) is 37.4. The van der Waals surface area contributed by atoms with Crippen LogP contribution in [0.15, 0.2) is 82.7 Å². The minimum Gasteiger partial charge on any atom is -0.361 e. The number of carbonyl (C=O) groups is 3. The van der Waals surface area contributed by atoms with E-state index in [4.69, 9.17) is 23.1 Å². The number of nitrogens with two attached hydrogens (primary N) is 2. The molecule has 10 nitrogen and oxygen atoms in total. The van der Waals surface area contributed by atoms with Crippen molar-refractivity contribution in [1.29, 1.82) is 0 Å². The lowest BCUT2D eigenvalue weighted by molar-refractivity contribution is -0.143. The summed E-state index contributed by atoms with van der Waals surface area (Å²) in [5.41, 5.74) is 15.4. The van der Waals surface area contributed by atoms with Crippen LogP contribution in [0.2, 0.25) is 5.02 Å². The average molecular weight is 718 g/mol. The van der Waals surface area contributed by atoms with Crippen molar-refractivity contribution in [3.05, 3.63) is 94.6 Å². The summed E-state index contributed by atoms with van der Waals surface area (Å²) in [6.07, 6.45) is 4.74. The molecule has 0 bridgehead atoms. The molecular weight excluding hydrogens is 670 g/mol. The van der Waals surface area contributed by atoms with Crippen LogP contribution in [0.4, 0.5) is 0 Å². The number of unbranched alkanes of at least 4 members (excludes halogenated alkanes) is 1. The molecule has 0 fully saturated rings. The van der Waals surface area contributed by atoms with Crippen LogP contribution in [0.5, 0.6) is 0 Å². The van der Waals surface area contributed by atoms with E-state index in [1.165, 1.54) is 4.90 Å². The zero-order valence-electron chi connectivity index (χ0n) is 28.7. The molecule has 1 unspecified atom stereocenters. The summed E-state index contributed by atoms with van der Waals surface area (Å²) in [5.74, 6) is -1.33. The molecule has 12 heteroatoms. The molecule has 266 valence electrons. The number of benzene rings is 3. The number of halogens is 1. The second-order valence-corrected chi connectivity index (χ2v) is 14.4. The van der Waals surface area contributed by atoms with Crippen molar-refractivity contribution in [2.75, 3.05) is 20.1 Å². The summed E-state index contributed by atoms with van der Waals surface area (Å²) in [4.78, 5) is 49.7. The van der Waals surface area contributed by atoms with E-state index < -0.39 is 24.0 Å². The van der Waals surface area contributed by atoms with Crippen molar-refractivity contribution in [2.24, 2.45) is 11.5 Å². The second kappa shape index (κ2) is 17.9. The van der Waals surface area contributed by atoms with Crippen molar-refractivity contribution in [3.8, 4) is 0 Å². The Morgan fingerprint density at radius 1 is 0.860 bits per heavy atom. The van der Waals surface area contributed by atoms with E-state index in [0.29, 0.717) is 56.8 Å². The fourth-order valence-corrected chi connectivity index (χ4v) is 7.84. The van der Waals surface area contributed by atoms with E-state index in [0.717, 1.165) is 37.4 Å². The van der Waals surface area contributed by atoms with Crippen LogP contribution in [-0.2, 0) is 27.5 Å². The van der Waals surface area contributed by atoms with E-state index in [1.807, 2.05) is 73.8 Å². The van der Waals surface area contributed by atoms with Crippen LogP contribution in [0, 0.1) is 0 Å². The van der Waals surface area contributed by atoms with Crippen molar-refractivity contribution < 1.29 is 14.4 Å². The van der Waals surface area contributed by atoms with Gasteiger partial charge in [0.2, 0.25) is 17.7 Å². The van der Waals surface area contributed by atoms with Crippen LogP contribution >= 0.6 is 23.4 Å². The first-order chi connectivity index (χ1) is 24.2. The lowest BCUT2D eigenvalue weighted by atomic mass is 9.90.